The zero-order valence-electron chi connectivity index (χ0n) is 10.3. The fourth-order valence-corrected chi connectivity index (χ4v) is 1.49. The van der Waals surface area contributed by atoms with E-state index in [2.05, 4.69) is 18.8 Å². The molecule has 0 amide bonds. The molecule has 1 aromatic rings. The van der Waals surface area contributed by atoms with Crippen LogP contribution in [-0.4, -0.2) is 19.8 Å². The normalized spacial score (nSPS) is 12.4. The molecule has 0 heterocycles. The minimum absolute atomic E-state index is 0.200. The van der Waals surface area contributed by atoms with Crippen molar-refractivity contribution >= 4 is 0 Å². The molecule has 0 aliphatic heterocycles. The standard InChI is InChI=1S/C14H20FNO/c1-3-4-10-17-11-9-16-12(2)13-5-7-14(15)8-6-13/h3,5-8,12,16H,1,4,9-11H2,2H3. The van der Waals surface area contributed by atoms with E-state index < -0.39 is 0 Å². The highest BCUT2D eigenvalue weighted by Crippen LogP contribution is 2.12. The van der Waals surface area contributed by atoms with Crippen LogP contribution >= 0.6 is 0 Å². The summed E-state index contributed by atoms with van der Waals surface area (Å²) in [5.41, 5.74) is 1.08. The van der Waals surface area contributed by atoms with Crippen LogP contribution < -0.4 is 5.32 Å². The van der Waals surface area contributed by atoms with Gasteiger partial charge >= 0.3 is 0 Å². The Morgan fingerprint density at radius 1 is 1.35 bits per heavy atom. The summed E-state index contributed by atoms with van der Waals surface area (Å²) in [5.74, 6) is -0.200. The highest BCUT2D eigenvalue weighted by Gasteiger charge is 2.03. The van der Waals surface area contributed by atoms with E-state index in [4.69, 9.17) is 4.74 Å². The summed E-state index contributed by atoms with van der Waals surface area (Å²) in [7, 11) is 0. The molecule has 1 N–H and O–H groups in total. The van der Waals surface area contributed by atoms with Crippen LogP contribution in [0.3, 0.4) is 0 Å². The first-order valence-electron chi connectivity index (χ1n) is 5.91. The quantitative estimate of drug-likeness (QED) is 0.554. The highest BCUT2D eigenvalue weighted by molar-refractivity contribution is 5.19. The first-order chi connectivity index (χ1) is 8.24. The third-order valence-corrected chi connectivity index (χ3v) is 2.53. The summed E-state index contributed by atoms with van der Waals surface area (Å²) in [6.45, 7) is 7.87. The van der Waals surface area contributed by atoms with Gasteiger partial charge in [0.05, 0.1) is 13.2 Å². The molecule has 0 fully saturated rings. The molecule has 1 rings (SSSR count). The van der Waals surface area contributed by atoms with E-state index >= 15 is 0 Å². The Kier molecular flexibility index (Phi) is 6.51. The van der Waals surface area contributed by atoms with E-state index in [1.165, 1.54) is 12.1 Å². The van der Waals surface area contributed by atoms with Crippen LogP contribution in [0.5, 0.6) is 0 Å². The van der Waals surface area contributed by atoms with Crippen molar-refractivity contribution in [1.82, 2.24) is 5.32 Å². The first-order valence-corrected chi connectivity index (χ1v) is 5.91. The predicted molar refractivity (Wildman–Crippen MR) is 68.5 cm³/mol. The Morgan fingerprint density at radius 3 is 2.71 bits per heavy atom. The number of hydrogen-bond donors (Lipinski definition) is 1. The van der Waals surface area contributed by atoms with Crippen molar-refractivity contribution in [3.8, 4) is 0 Å². The van der Waals surface area contributed by atoms with Crippen LogP contribution in [0.2, 0.25) is 0 Å². The Balaban J connectivity index is 2.18. The maximum absolute atomic E-state index is 12.7. The van der Waals surface area contributed by atoms with Gasteiger partial charge in [0.1, 0.15) is 5.82 Å². The van der Waals surface area contributed by atoms with Crippen molar-refractivity contribution in [2.45, 2.75) is 19.4 Å². The molecule has 17 heavy (non-hydrogen) atoms. The molecule has 0 saturated carbocycles. The number of ether oxygens (including phenoxy) is 1. The van der Waals surface area contributed by atoms with E-state index in [0.717, 1.165) is 25.1 Å². The summed E-state index contributed by atoms with van der Waals surface area (Å²) >= 11 is 0. The maximum Gasteiger partial charge on any atom is 0.123 e. The lowest BCUT2D eigenvalue weighted by Crippen LogP contribution is -2.23. The summed E-state index contributed by atoms with van der Waals surface area (Å²) in [6, 6.07) is 6.76. The SMILES string of the molecule is C=CCCOCCNC(C)c1ccc(F)cc1. The van der Waals surface area contributed by atoms with E-state index in [-0.39, 0.29) is 11.9 Å². The lowest BCUT2D eigenvalue weighted by Gasteiger charge is -2.14. The van der Waals surface area contributed by atoms with Crippen molar-refractivity contribution in [1.29, 1.82) is 0 Å². The van der Waals surface area contributed by atoms with E-state index in [1.54, 1.807) is 12.1 Å². The van der Waals surface area contributed by atoms with E-state index in [1.807, 2.05) is 6.08 Å². The molecule has 0 aliphatic carbocycles. The first kappa shape index (κ1) is 13.9. The van der Waals surface area contributed by atoms with Gasteiger partial charge in [-0.15, -0.1) is 6.58 Å². The van der Waals surface area contributed by atoms with Crippen LogP contribution in [0.4, 0.5) is 4.39 Å². The van der Waals surface area contributed by atoms with Crippen molar-refractivity contribution in [3.05, 3.63) is 48.3 Å². The number of nitrogens with one attached hydrogen (secondary N) is 1. The Bertz CT molecular complexity index is 323. The zero-order chi connectivity index (χ0) is 12.5. The van der Waals surface area contributed by atoms with E-state index in [0.29, 0.717) is 6.61 Å². The summed E-state index contributed by atoms with van der Waals surface area (Å²) in [4.78, 5) is 0. The largest absolute Gasteiger partial charge is 0.380 e. The molecule has 1 atom stereocenters. The molecule has 1 aromatic carbocycles. The fourth-order valence-electron chi connectivity index (χ4n) is 1.49. The molecule has 0 aromatic heterocycles. The molecule has 0 aliphatic rings. The molecule has 2 nitrogen and oxygen atoms in total. The second-order valence-electron chi connectivity index (χ2n) is 3.92. The van der Waals surface area contributed by atoms with E-state index in [9.17, 15) is 4.39 Å². The van der Waals surface area contributed by atoms with Gasteiger partial charge in [-0.3, -0.25) is 0 Å². The van der Waals surface area contributed by atoms with Gasteiger partial charge in [0, 0.05) is 12.6 Å². The topological polar surface area (TPSA) is 21.3 Å². The Morgan fingerprint density at radius 2 is 2.06 bits per heavy atom. The van der Waals surface area contributed by atoms with Crippen LogP contribution in [0.15, 0.2) is 36.9 Å². The van der Waals surface area contributed by atoms with Gasteiger partial charge in [-0.1, -0.05) is 18.2 Å². The third-order valence-electron chi connectivity index (χ3n) is 2.53. The molecule has 1 unspecified atom stereocenters. The van der Waals surface area contributed by atoms with Crippen molar-refractivity contribution in [2.75, 3.05) is 19.8 Å². The Hall–Kier alpha value is -1.19. The average Bonchev–Trinajstić information content (AvgIpc) is 2.34. The number of rotatable bonds is 8. The lowest BCUT2D eigenvalue weighted by atomic mass is 10.1. The van der Waals surface area contributed by atoms with Crippen LogP contribution in [0, 0.1) is 5.82 Å². The zero-order valence-corrected chi connectivity index (χ0v) is 10.3. The molecular formula is C14H20FNO. The smallest absolute Gasteiger partial charge is 0.123 e. The molecule has 94 valence electrons. The van der Waals surface area contributed by atoms with Gasteiger partial charge in [0.2, 0.25) is 0 Å². The monoisotopic (exact) mass is 237 g/mol. The molecular weight excluding hydrogens is 217 g/mol. The fraction of sp³-hybridized carbons (Fsp3) is 0.429. The second kappa shape index (κ2) is 7.98. The number of benzene rings is 1. The predicted octanol–water partition coefficient (Wildman–Crippen LogP) is 3.07. The van der Waals surface area contributed by atoms with Gasteiger partial charge in [0.15, 0.2) is 0 Å². The third kappa shape index (κ3) is 5.61. The minimum Gasteiger partial charge on any atom is -0.380 e. The van der Waals surface area contributed by atoms with Crippen LogP contribution in [0.25, 0.3) is 0 Å². The number of halogens is 1. The summed E-state index contributed by atoms with van der Waals surface area (Å²) in [6.07, 6.45) is 2.72. The average molecular weight is 237 g/mol. The van der Waals surface area contributed by atoms with Crippen molar-refractivity contribution < 1.29 is 9.13 Å². The van der Waals surface area contributed by atoms with Gasteiger partial charge in [-0.2, -0.15) is 0 Å². The Labute approximate surface area is 102 Å². The number of hydrogen-bond acceptors (Lipinski definition) is 2. The van der Waals surface area contributed by atoms with Gasteiger partial charge < -0.3 is 10.1 Å². The molecule has 0 spiro atoms. The lowest BCUT2D eigenvalue weighted by molar-refractivity contribution is 0.138. The van der Waals surface area contributed by atoms with Gasteiger partial charge in [0.25, 0.3) is 0 Å². The van der Waals surface area contributed by atoms with Gasteiger partial charge in [-0.05, 0) is 31.0 Å². The summed E-state index contributed by atoms with van der Waals surface area (Å²) in [5, 5.41) is 3.32. The van der Waals surface area contributed by atoms with Crippen molar-refractivity contribution in [3.63, 3.8) is 0 Å². The van der Waals surface area contributed by atoms with Crippen molar-refractivity contribution in [2.24, 2.45) is 0 Å². The highest BCUT2D eigenvalue weighted by atomic mass is 19.1. The molecule has 0 saturated heterocycles. The molecule has 0 bridgehead atoms. The van der Waals surface area contributed by atoms with Gasteiger partial charge in [-0.25, -0.2) is 4.39 Å². The maximum atomic E-state index is 12.7. The minimum atomic E-state index is -0.200. The summed E-state index contributed by atoms with van der Waals surface area (Å²) < 4.78 is 18.1. The van der Waals surface area contributed by atoms with Crippen LogP contribution in [0.1, 0.15) is 24.9 Å². The second-order valence-corrected chi connectivity index (χ2v) is 3.92. The molecule has 0 radical (unpaired) electrons. The van der Waals surface area contributed by atoms with Crippen LogP contribution in [-0.2, 0) is 4.74 Å². The molecule has 3 heteroatoms.